The first-order valence-electron chi connectivity index (χ1n) is 5.95. The topological polar surface area (TPSA) is 60.2 Å². The van der Waals surface area contributed by atoms with E-state index in [9.17, 15) is 14.9 Å². The fraction of sp³-hybridized carbons (Fsp3) is 0.214. The van der Waals surface area contributed by atoms with E-state index in [0.717, 1.165) is 15.3 Å². The number of carbonyl (C=O) groups is 1. The summed E-state index contributed by atoms with van der Waals surface area (Å²) in [4.78, 5) is 25.2. The van der Waals surface area contributed by atoms with Crippen LogP contribution < -0.4 is 0 Å². The van der Waals surface area contributed by atoms with Crippen LogP contribution in [0.2, 0.25) is 0 Å². The summed E-state index contributed by atoms with van der Waals surface area (Å²) < 4.78 is 0. The minimum atomic E-state index is -0.424. The second kappa shape index (κ2) is 6.19. The second-order valence-corrected chi connectivity index (χ2v) is 6.74. The predicted octanol–water partition coefficient (Wildman–Crippen LogP) is 4.25. The van der Waals surface area contributed by atoms with E-state index in [2.05, 4.69) is 0 Å². The van der Waals surface area contributed by atoms with E-state index in [4.69, 9.17) is 0 Å². The van der Waals surface area contributed by atoms with Gasteiger partial charge in [0.15, 0.2) is 5.78 Å². The van der Waals surface area contributed by atoms with Crippen LogP contribution in [-0.4, -0.2) is 16.5 Å². The Labute approximate surface area is 125 Å². The van der Waals surface area contributed by atoms with Crippen molar-refractivity contribution in [1.29, 1.82) is 0 Å². The summed E-state index contributed by atoms with van der Waals surface area (Å²) in [7, 11) is 0. The third kappa shape index (κ3) is 3.26. The number of ketones is 1. The molecule has 0 unspecified atom stereocenters. The van der Waals surface area contributed by atoms with Crippen molar-refractivity contribution in [3.05, 3.63) is 55.8 Å². The van der Waals surface area contributed by atoms with E-state index in [1.807, 2.05) is 19.9 Å². The molecule has 0 aliphatic heterocycles. The van der Waals surface area contributed by atoms with Crippen molar-refractivity contribution < 1.29 is 9.72 Å². The minimum absolute atomic E-state index is 0.00926. The Morgan fingerprint density at radius 1 is 1.35 bits per heavy atom. The van der Waals surface area contributed by atoms with Crippen molar-refractivity contribution in [2.75, 3.05) is 5.75 Å². The Kier molecular flexibility index (Phi) is 4.57. The van der Waals surface area contributed by atoms with Crippen molar-refractivity contribution in [1.82, 2.24) is 0 Å². The third-order valence-electron chi connectivity index (χ3n) is 2.76. The third-order valence-corrected chi connectivity index (χ3v) is 4.79. The molecule has 1 heterocycles. The fourth-order valence-corrected chi connectivity index (χ4v) is 3.71. The van der Waals surface area contributed by atoms with E-state index < -0.39 is 4.92 Å². The van der Waals surface area contributed by atoms with Crippen LogP contribution in [0.5, 0.6) is 0 Å². The molecular weight excluding hydrogens is 294 g/mol. The maximum atomic E-state index is 12.1. The van der Waals surface area contributed by atoms with Gasteiger partial charge in [0.1, 0.15) is 0 Å². The Hall–Kier alpha value is -1.66. The Morgan fingerprint density at radius 2 is 2.05 bits per heavy atom. The molecule has 1 aromatic heterocycles. The average molecular weight is 307 g/mol. The zero-order valence-electron chi connectivity index (χ0n) is 11.1. The number of para-hydroxylation sites is 1. The van der Waals surface area contributed by atoms with Gasteiger partial charge in [0.2, 0.25) is 0 Å². The van der Waals surface area contributed by atoms with E-state index in [0.29, 0.717) is 4.90 Å². The number of thioether (sulfide) groups is 1. The predicted molar refractivity (Wildman–Crippen MR) is 81.9 cm³/mol. The van der Waals surface area contributed by atoms with Crippen LogP contribution in [0, 0.1) is 24.0 Å². The van der Waals surface area contributed by atoms with E-state index in [1.165, 1.54) is 17.8 Å². The number of hydrogen-bond donors (Lipinski definition) is 0. The zero-order chi connectivity index (χ0) is 14.7. The number of nitro groups is 1. The van der Waals surface area contributed by atoms with Gasteiger partial charge in [-0.25, -0.2) is 0 Å². The van der Waals surface area contributed by atoms with Crippen LogP contribution in [0.4, 0.5) is 5.69 Å². The summed E-state index contributed by atoms with van der Waals surface area (Å²) in [5.74, 6) is 0.219. The number of rotatable bonds is 5. The largest absolute Gasteiger partial charge is 0.293 e. The van der Waals surface area contributed by atoms with Gasteiger partial charge in [0, 0.05) is 21.4 Å². The normalized spacial score (nSPS) is 10.5. The minimum Gasteiger partial charge on any atom is -0.293 e. The number of nitrogens with zero attached hydrogens (tertiary/aromatic N) is 1. The number of nitro benzene ring substituents is 1. The van der Waals surface area contributed by atoms with E-state index in [-0.39, 0.29) is 17.2 Å². The van der Waals surface area contributed by atoms with Crippen LogP contribution in [-0.2, 0) is 0 Å². The SMILES string of the molecule is Cc1cc(C(=O)CSc2ccccc2[N+](=O)[O-])c(C)s1. The van der Waals surface area contributed by atoms with Crippen LogP contribution in [0.1, 0.15) is 20.1 Å². The smallest absolute Gasteiger partial charge is 0.282 e. The van der Waals surface area contributed by atoms with Crippen molar-refractivity contribution >= 4 is 34.6 Å². The molecule has 0 bridgehead atoms. The number of carbonyl (C=O) groups excluding carboxylic acids is 1. The highest BCUT2D eigenvalue weighted by Gasteiger charge is 2.16. The molecule has 0 atom stereocenters. The summed E-state index contributed by atoms with van der Waals surface area (Å²) in [6.07, 6.45) is 0. The lowest BCUT2D eigenvalue weighted by molar-refractivity contribution is -0.387. The van der Waals surface area contributed by atoms with E-state index in [1.54, 1.807) is 29.5 Å². The molecule has 0 fully saturated rings. The maximum Gasteiger partial charge on any atom is 0.282 e. The quantitative estimate of drug-likeness (QED) is 0.358. The Morgan fingerprint density at radius 3 is 2.65 bits per heavy atom. The Bertz CT molecular complexity index is 664. The standard InChI is InChI=1S/C14H13NO3S2/c1-9-7-11(10(2)20-9)13(16)8-19-14-6-4-3-5-12(14)15(17)18/h3-7H,8H2,1-2H3. The van der Waals surface area contributed by atoms with Crippen molar-refractivity contribution in [3.8, 4) is 0 Å². The zero-order valence-corrected chi connectivity index (χ0v) is 12.7. The van der Waals surface area contributed by atoms with Crippen molar-refractivity contribution in [2.45, 2.75) is 18.7 Å². The number of aryl methyl sites for hydroxylation is 2. The molecule has 0 radical (unpaired) electrons. The lowest BCUT2D eigenvalue weighted by Gasteiger charge is -2.02. The molecule has 0 N–H and O–H groups in total. The molecule has 0 spiro atoms. The lowest BCUT2D eigenvalue weighted by Crippen LogP contribution is -2.02. The van der Waals surface area contributed by atoms with Crippen LogP contribution in [0.15, 0.2) is 35.2 Å². The van der Waals surface area contributed by atoms with Gasteiger partial charge in [0.05, 0.1) is 15.6 Å². The number of thiophene rings is 1. The second-order valence-electron chi connectivity index (χ2n) is 4.26. The highest BCUT2D eigenvalue weighted by molar-refractivity contribution is 8.00. The highest BCUT2D eigenvalue weighted by atomic mass is 32.2. The van der Waals surface area contributed by atoms with Crippen LogP contribution in [0.3, 0.4) is 0 Å². The number of hydrogen-bond acceptors (Lipinski definition) is 5. The molecule has 2 aromatic rings. The molecule has 0 amide bonds. The summed E-state index contributed by atoms with van der Waals surface area (Å²) in [5.41, 5.74) is 0.766. The van der Waals surface area contributed by atoms with Gasteiger partial charge in [-0.2, -0.15) is 0 Å². The van der Waals surface area contributed by atoms with Gasteiger partial charge in [0.25, 0.3) is 5.69 Å². The van der Waals surface area contributed by atoms with Gasteiger partial charge in [-0.1, -0.05) is 12.1 Å². The molecule has 4 nitrogen and oxygen atoms in total. The maximum absolute atomic E-state index is 12.1. The molecule has 20 heavy (non-hydrogen) atoms. The monoisotopic (exact) mass is 307 g/mol. The Balaban J connectivity index is 2.11. The van der Waals surface area contributed by atoms with Crippen molar-refractivity contribution in [3.63, 3.8) is 0 Å². The first-order valence-corrected chi connectivity index (χ1v) is 7.75. The van der Waals surface area contributed by atoms with Gasteiger partial charge < -0.3 is 0 Å². The number of Topliss-reactive ketones (excluding diaryl/α,β-unsaturated/α-hetero) is 1. The lowest BCUT2D eigenvalue weighted by atomic mass is 10.2. The molecule has 2 rings (SSSR count). The highest BCUT2D eigenvalue weighted by Crippen LogP contribution is 2.30. The fourth-order valence-electron chi connectivity index (χ4n) is 1.86. The van der Waals surface area contributed by atoms with Gasteiger partial charge in [-0.05, 0) is 26.0 Å². The first kappa shape index (κ1) is 14.7. The van der Waals surface area contributed by atoms with Crippen LogP contribution >= 0.6 is 23.1 Å². The molecule has 104 valence electrons. The van der Waals surface area contributed by atoms with Gasteiger partial charge >= 0.3 is 0 Å². The summed E-state index contributed by atoms with van der Waals surface area (Å²) in [6.45, 7) is 3.88. The summed E-state index contributed by atoms with van der Waals surface area (Å²) >= 11 is 2.80. The van der Waals surface area contributed by atoms with Gasteiger partial charge in [-0.15, -0.1) is 23.1 Å². The summed E-state index contributed by atoms with van der Waals surface area (Å²) in [6, 6.07) is 8.35. The average Bonchev–Trinajstić information content (AvgIpc) is 2.75. The molecule has 0 aliphatic rings. The molecular formula is C14H13NO3S2. The van der Waals surface area contributed by atoms with Crippen LogP contribution in [0.25, 0.3) is 0 Å². The molecule has 1 aromatic carbocycles. The molecule has 0 aliphatic carbocycles. The first-order chi connectivity index (χ1) is 9.49. The van der Waals surface area contributed by atoms with Crippen molar-refractivity contribution in [2.24, 2.45) is 0 Å². The number of benzene rings is 1. The molecule has 0 saturated heterocycles. The van der Waals surface area contributed by atoms with E-state index >= 15 is 0 Å². The molecule has 0 saturated carbocycles. The van der Waals surface area contributed by atoms with Gasteiger partial charge in [-0.3, -0.25) is 14.9 Å². The summed E-state index contributed by atoms with van der Waals surface area (Å²) in [5, 5.41) is 10.9. The molecule has 6 heteroatoms.